The predicted molar refractivity (Wildman–Crippen MR) is 122 cm³/mol. The quantitative estimate of drug-likeness (QED) is 0.285. The van der Waals surface area contributed by atoms with Crippen LogP contribution < -0.4 is 10.8 Å². The fourth-order valence-electron chi connectivity index (χ4n) is 3.93. The Morgan fingerprint density at radius 2 is 1.91 bits per heavy atom. The van der Waals surface area contributed by atoms with Crippen LogP contribution in [-0.4, -0.2) is 59.7 Å². The lowest BCUT2D eigenvalue weighted by atomic mass is 10.1. The Kier molecular flexibility index (Phi) is 8.19. The van der Waals surface area contributed by atoms with E-state index in [0.29, 0.717) is 24.9 Å². The summed E-state index contributed by atoms with van der Waals surface area (Å²) in [7, 11) is -4.07. The molecule has 0 aliphatic carbocycles. The molecule has 0 bridgehead atoms. The first kappa shape index (κ1) is 24.1. The second-order valence-electron chi connectivity index (χ2n) is 7.90. The first-order valence-corrected chi connectivity index (χ1v) is 12.3. The summed E-state index contributed by atoms with van der Waals surface area (Å²) in [4.78, 5) is 24.7. The highest BCUT2D eigenvalue weighted by Crippen LogP contribution is 2.26. The number of hydroxylamine groups is 1. The van der Waals surface area contributed by atoms with E-state index in [0.717, 1.165) is 27.9 Å². The van der Waals surface area contributed by atoms with Crippen molar-refractivity contribution < 1.29 is 23.2 Å². The summed E-state index contributed by atoms with van der Waals surface area (Å²) in [5, 5.41) is 13.7. The number of nitrogens with zero attached hydrogens (tertiary/aromatic N) is 2. The van der Waals surface area contributed by atoms with E-state index < -0.39 is 34.6 Å². The third-order valence-electron chi connectivity index (χ3n) is 5.60. The van der Waals surface area contributed by atoms with E-state index in [1.807, 2.05) is 43.3 Å². The molecule has 10 heteroatoms. The lowest BCUT2D eigenvalue weighted by Crippen LogP contribution is -2.52. The second-order valence-corrected chi connectivity index (χ2v) is 9.78. The number of anilines is 1. The first-order chi connectivity index (χ1) is 15.4. The molecule has 3 rings (SSSR count). The van der Waals surface area contributed by atoms with E-state index >= 15 is 0 Å². The maximum atomic E-state index is 13.3. The second kappa shape index (κ2) is 10.9. The Morgan fingerprint density at radius 3 is 2.62 bits per heavy atom. The molecule has 1 unspecified atom stereocenters. The molecule has 1 aliphatic rings. The van der Waals surface area contributed by atoms with E-state index in [-0.39, 0.29) is 13.1 Å². The largest absolute Gasteiger partial charge is 0.325 e. The van der Waals surface area contributed by atoms with Crippen LogP contribution in [0.5, 0.6) is 0 Å². The molecule has 1 atom stereocenters. The van der Waals surface area contributed by atoms with Crippen LogP contribution in [-0.2, 0) is 19.8 Å². The smallest absolute Gasteiger partial charge is 0.283 e. The van der Waals surface area contributed by atoms with Crippen LogP contribution in [0.1, 0.15) is 39.0 Å². The van der Waals surface area contributed by atoms with Gasteiger partial charge in [-0.05, 0) is 42.2 Å². The lowest BCUT2D eigenvalue weighted by molar-refractivity contribution is -0.129. The molecule has 2 amide bonds. The van der Waals surface area contributed by atoms with Gasteiger partial charge in [-0.1, -0.05) is 50.1 Å². The number of carbonyl (C=O) groups is 2. The molecule has 0 spiro atoms. The molecular weight excluding hydrogens is 432 g/mol. The lowest BCUT2D eigenvalue weighted by Gasteiger charge is -2.30. The normalized spacial score (nSPS) is 17.0. The van der Waals surface area contributed by atoms with Crippen molar-refractivity contribution in [3.05, 3.63) is 42.5 Å². The maximum absolute atomic E-state index is 13.3. The highest BCUT2D eigenvalue weighted by Gasteiger charge is 2.42. The Morgan fingerprint density at radius 1 is 1.16 bits per heavy atom. The summed E-state index contributed by atoms with van der Waals surface area (Å²) in [6.45, 7) is 1.83. The molecular formula is C22H30N4O5S. The zero-order chi connectivity index (χ0) is 23.1. The molecule has 0 aromatic heterocycles. The first-order valence-electron chi connectivity index (χ1n) is 10.9. The molecule has 1 aliphatic heterocycles. The highest BCUT2D eigenvalue weighted by molar-refractivity contribution is 7.86. The zero-order valence-electron chi connectivity index (χ0n) is 18.2. The van der Waals surface area contributed by atoms with Crippen LogP contribution in [0.4, 0.5) is 5.69 Å². The molecule has 32 heavy (non-hydrogen) atoms. The van der Waals surface area contributed by atoms with Crippen molar-refractivity contribution in [3.63, 3.8) is 0 Å². The number of nitrogens with one attached hydrogen (secondary N) is 2. The van der Waals surface area contributed by atoms with Crippen molar-refractivity contribution in [1.29, 1.82) is 0 Å². The number of rotatable bonds is 10. The van der Waals surface area contributed by atoms with Gasteiger partial charge in [0.15, 0.2) is 0 Å². The highest BCUT2D eigenvalue weighted by atomic mass is 32.2. The van der Waals surface area contributed by atoms with Gasteiger partial charge in [0.25, 0.3) is 16.1 Å². The molecule has 2 aromatic carbocycles. The summed E-state index contributed by atoms with van der Waals surface area (Å²) in [5.41, 5.74) is 2.08. The van der Waals surface area contributed by atoms with Crippen molar-refractivity contribution in [3.8, 4) is 0 Å². The van der Waals surface area contributed by atoms with Crippen LogP contribution in [0.25, 0.3) is 10.8 Å². The molecule has 0 radical (unpaired) electrons. The predicted octanol–water partition coefficient (Wildman–Crippen LogP) is 2.49. The van der Waals surface area contributed by atoms with Crippen LogP contribution in [0, 0.1) is 0 Å². The fourth-order valence-corrected chi connectivity index (χ4v) is 5.75. The Bertz CT molecular complexity index is 1060. The minimum Gasteiger partial charge on any atom is -0.325 e. The number of benzene rings is 2. The molecule has 3 N–H and O–H groups in total. The molecule has 1 saturated heterocycles. The third kappa shape index (κ3) is 5.63. The standard InChI is InChI=1S/C22H30N4O5S/c1-2-3-6-13-25(16-21(27)24-29)32(30,31)26-14-7-10-20(26)22(28)23-19-12-11-17-8-4-5-9-18(17)15-19/h4-5,8-9,11-12,15,20,29H,2-3,6-7,10,13-14,16H2,1H3,(H,23,28)(H,24,27). The van der Waals surface area contributed by atoms with Crippen molar-refractivity contribution in [2.75, 3.05) is 25.0 Å². The summed E-state index contributed by atoms with van der Waals surface area (Å²) in [6.07, 6.45) is 3.22. The monoisotopic (exact) mass is 462 g/mol. The van der Waals surface area contributed by atoms with Crippen molar-refractivity contribution >= 4 is 38.5 Å². The molecule has 2 aromatic rings. The van der Waals surface area contributed by atoms with Crippen LogP contribution in [0.15, 0.2) is 42.5 Å². The van der Waals surface area contributed by atoms with Crippen LogP contribution in [0.2, 0.25) is 0 Å². The molecule has 1 fully saturated rings. The van der Waals surface area contributed by atoms with Gasteiger partial charge in [0, 0.05) is 18.8 Å². The van der Waals surface area contributed by atoms with Gasteiger partial charge >= 0.3 is 0 Å². The van der Waals surface area contributed by atoms with Gasteiger partial charge in [-0.2, -0.15) is 17.0 Å². The topological polar surface area (TPSA) is 119 Å². The van der Waals surface area contributed by atoms with E-state index in [1.54, 1.807) is 6.07 Å². The van der Waals surface area contributed by atoms with E-state index in [9.17, 15) is 18.0 Å². The van der Waals surface area contributed by atoms with Gasteiger partial charge < -0.3 is 5.32 Å². The summed E-state index contributed by atoms with van der Waals surface area (Å²) >= 11 is 0. The SMILES string of the molecule is CCCCCN(CC(=O)NO)S(=O)(=O)N1CCCC1C(=O)Nc1ccc2ccccc2c1. The van der Waals surface area contributed by atoms with E-state index in [1.165, 1.54) is 9.79 Å². The molecule has 9 nitrogen and oxygen atoms in total. The fraction of sp³-hybridized carbons (Fsp3) is 0.455. The number of hydrogen-bond donors (Lipinski definition) is 3. The summed E-state index contributed by atoms with van der Waals surface area (Å²) in [6, 6.07) is 12.4. The van der Waals surface area contributed by atoms with Gasteiger partial charge in [0.1, 0.15) is 6.04 Å². The number of carbonyl (C=O) groups excluding carboxylic acids is 2. The van der Waals surface area contributed by atoms with Crippen molar-refractivity contribution in [2.45, 2.75) is 45.1 Å². The maximum Gasteiger partial charge on any atom is 0.283 e. The van der Waals surface area contributed by atoms with Crippen molar-refractivity contribution in [1.82, 2.24) is 14.1 Å². The minimum absolute atomic E-state index is 0.138. The van der Waals surface area contributed by atoms with E-state index in [4.69, 9.17) is 5.21 Å². The summed E-state index contributed by atoms with van der Waals surface area (Å²) in [5.74, 6) is -1.22. The molecule has 0 saturated carbocycles. The van der Waals surface area contributed by atoms with Crippen LogP contribution >= 0.6 is 0 Å². The zero-order valence-corrected chi connectivity index (χ0v) is 19.0. The van der Waals surface area contributed by atoms with Gasteiger partial charge in [0.2, 0.25) is 5.91 Å². The van der Waals surface area contributed by atoms with Gasteiger partial charge in [-0.25, -0.2) is 5.48 Å². The number of unbranched alkanes of at least 4 members (excludes halogenated alkanes) is 2. The van der Waals surface area contributed by atoms with Crippen LogP contribution in [0.3, 0.4) is 0 Å². The Hall–Kier alpha value is -2.53. The van der Waals surface area contributed by atoms with Gasteiger partial charge in [0.05, 0.1) is 6.54 Å². The molecule has 174 valence electrons. The van der Waals surface area contributed by atoms with Gasteiger partial charge in [-0.15, -0.1) is 0 Å². The Balaban J connectivity index is 1.77. The number of hydrogen-bond acceptors (Lipinski definition) is 5. The molecule has 1 heterocycles. The van der Waals surface area contributed by atoms with Crippen molar-refractivity contribution in [2.24, 2.45) is 0 Å². The third-order valence-corrected chi connectivity index (χ3v) is 7.60. The summed E-state index contributed by atoms with van der Waals surface area (Å²) < 4.78 is 28.9. The Labute approximate surface area is 188 Å². The van der Waals surface area contributed by atoms with Gasteiger partial charge in [-0.3, -0.25) is 14.8 Å². The average molecular weight is 463 g/mol. The number of fused-ring (bicyclic) bond motifs is 1. The van der Waals surface area contributed by atoms with E-state index in [2.05, 4.69) is 5.32 Å². The number of amides is 2. The average Bonchev–Trinajstić information content (AvgIpc) is 3.29. The minimum atomic E-state index is -4.07.